The van der Waals surface area contributed by atoms with Gasteiger partial charge in [0.2, 0.25) is 0 Å². The molecule has 10 heteroatoms. The summed E-state index contributed by atoms with van der Waals surface area (Å²) < 4.78 is 34.6. The Morgan fingerprint density at radius 1 is 0.360 bits per heavy atom. The number of carbonyl (C=O) groups excluding carboxylic acids is 2. The second kappa shape index (κ2) is 64.6. The lowest BCUT2D eigenvalue weighted by atomic mass is 10.0. The van der Waals surface area contributed by atoms with E-state index < -0.39 is 32.5 Å². The van der Waals surface area contributed by atoms with Crippen LogP contribution in [0.1, 0.15) is 232 Å². The molecule has 0 aliphatic heterocycles. The first-order valence-corrected chi connectivity index (χ1v) is 35.0. The highest BCUT2D eigenvalue weighted by atomic mass is 31.2. The Balaban J connectivity index is 4.14. The number of carbonyl (C=O) groups is 2. The van der Waals surface area contributed by atoms with Crippen LogP contribution < -0.4 is 0 Å². The van der Waals surface area contributed by atoms with Crippen LogP contribution in [-0.4, -0.2) is 74.9 Å². The molecule has 0 spiro atoms. The Kier molecular flexibility index (Phi) is 60.9. The standard InChI is InChI=1S/C76H122NO8P/c1-6-8-10-12-14-16-18-20-22-24-26-28-29-30-31-32-33-34-35-36-37-38-39-40-41-42-43-44-45-46-47-49-51-53-55-57-59-61-63-65-67-69-76(79)85-74(73-84-86(80,81)83-71-70-77(3,4)5)72-82-75(78)68-66-64-62-60-58-56-54-52-50-48-27-25-23-21-19-17-15-13-11-9-7-2/h8-11,14-17,20-23,26-28,30-31,33-34,36-37,39-40,42-43,45-46,48,52,54,74H,6-7,12-13,18-19,24-25,29,32,35,38,41,44,47,49-51,53,55-73H2,1-5H3/p+1/b10-8-,11-9-,16-14-,17-15-,22-20-,23-21-,28-26-,31-30-,34-33-,37-36-,40-39-,43-42-,46-45-,48-27-,54-52-. The van der Waals surface area contributed by atoms with Crippen LogP contribution in [0, 0.1) is 0 Å². The third kappa shape index (κ3) is 68.2. The summed E-state index contributed by atoms with van der Waals surface area (Å²) in [6, 6.07) is 0. The monoisotopic (exact) mass is 1210 g/mol. The summed E-state index contributed by atoms with van der Waals surface area (Å²) >= 11 is 0. The zero-order chi connectivity index (χ0) is 62.6. The fraction of sp³-hybridized carbons (Fsp3) is 0.579. The molecule has 0 aromatic rings. The first kappa shape index (κ1) is 81.1. The van der Waals surface area contributed by atoms with Crippen molar-refractivity contribution >= 4 is 19.8 Å². The lowest BCUT2D eigenvalue weighted by Crippen LogP contribution is -2.37. The van der Waals surface area contributed by atoms with E-state index in [-0.39, 0.29) is 26.1 Å². The van der Waals surface area contributed by atoms with E-state index in [0.29, 0.717) is 23.9 Å². The third-order valence-electron chi connectivity index (χ3n) is 13.4. The van der Waals surface area contributed by atoms with Gasteiger partial charge in [0.05, 0.1) is 27.7 Å². The number of likely N-dealkylation sites (N-methyl/N-ethyl adjacent to an activating group) is 1. The molecule has 0 amide bonds. The molecule has 0 aliphatic carbocycles. The van der Waals surface area contributed by atoms with Crippen LogP contribution in [0.3, 0.4) is 0 Å². The molecule has 0 saturated carbocycles. The van der Waals surface area contributed by atoms with Gasteiger partial charge in [-0.05, 0) is 135 Å². The molecule has 1 N–H and O–H groups in total. The van der Waals surface area contributed by atoms with E-state index in [1.54, 1.807) is 0 Å². The minimum atomic E-state index is -4.41. The summed E-state index contributed by atoms with van der Waals surface area (Å²) in [6.07, 6.45) is 99.8. The van der Waals surface area contributed by atoms with Crippen LogP contribution in [-0.2, 0) is 32.7 Å². The van der Waals surface area contributed by atoms with Gasteiger partial charge in [0.15, 0.2) is 6.10 Å². The molecule has 0 radical (unpaired) electrons. The van der Waals surface area contributed by atoms with Gasteiger partial charge in [-0.3, -0.25) is 18.6 Å². The zero-order valence-corrected chi connectivity index (χ0v) is 55.9. The molecule has 86 heavy (non-hydrogen) atoms. The molecule has 0 saturated heterocycles. The molecular formula is C76H123NO8P+. The number of nitrogens with zero attached hydrogens (tertiary/aromatic N) is 1. The van der Waals surface area contributed by atoms with Gasteiger partial charge < -0.3 is 18.9 Å². The largest absolute Gasteiger partial charge is 0.472 e. The number of hydrogen-bond acceptors (Lipinski definition) is 7. The summed E-state index contributed by atoms with van der Waals surface area (Å²) in [4.78, 5) is 35.8. The SMILES string of the molecule is CC/C=C\C/C=C\C/C=C\C/C=C\C/C=C\C/C=C\C/C=C\C/C=C\C/C=C\C/C=C\CCCCCCCCCCCCC(=O)OC(COC(=O)CCCCCCC/C=C\C/C=C\C/C=C\C/C=C\C/C=C\CC)COP(=O)(O)OCC[N+](C)(C)C. The lowest BCUT2D eigenvalue weighted by molar-refractivity contribution is -0.870. The first-order valence-electron chi connectivity index (χ1n) is 33.5. The molecule has 0 rings (SSSR count). The first-order chi connectivity index (χ1) is 42.0. The maximum absolute atomic E-state index is 12.9. The number of phosphoric acid groups is 1. The minimum absolute atomic E-state index is 0.0177. The maximum Gasteiger partial charge on any atom is 0.472 e. The molecule has 2 atom stereocenters. The topological polar surface area (TPSA) is 108 Å². The van der Waals surface area contributed by atoms with Crippen molar-refractivity contribution in [2.24, 2.45) is 0 Å². The molecule has 9 nitrogen and oxygen atoms in total. The van der Waals surface area contributed by atoms with E-state index in [9.17, 15) is 19.0 Å². The van der Waals surface area contributed by atoms with Gasteiger partial charge in [0, 0.05) is 12.8 Å². The predicted molar refractivity (Wildman–Crippen MR) is 371 cm³/mol. The molecule has 0 aliphatic rings. The lowest BCUT2D eigenvalue weighted by Gasteiger charge is -2.24. The Hall–Kier alpha value is -4.89. The summed E-state index contributed by atoms with van der Waals surface area (Å²) in [5, 5.41) is 0. The zero-order valence-electron chi connectivity index (χ0n) is 55.0. The maximum atomic E-state index is 12.9. The highest BCUT2D eigenvalue weighted by Gasteiger charge is 2.27. The number of esters is 2. The van der Waals surface area contributed by atoms with E-state index in [2.05, 4.69) is 196 Å². The highest BCUT2D eigenvalue weighted by molar-refractivity contribution is 7.47. The van der Waals surface area contributed by atoms with Crippen molar-refractivity contribution in [3.63, 3.8) is 0 Å². The molecule has 0 aromatic heterocycles. The Morgan fingerprint density at radius 2 is 0.628 bits per heavy atom. The van der Waals surface area contributed by atoms with Crippen LogP contribution in [0.2, 0.25) is 0 Å². The number of quaternary nitrogens is 1. The van der Waals surface area contributed by atoms with E-state index >= 15 is 0 Å². The van der Waals surface area contributed by atoms with Gasteiger partial charge in [-0.15, -0.1) is 0 Å². The number of allylic oxidation sites excluding steroid dienone is 30. The average Bonchev–Trinajstić information content (AvgIpc) is 3.70. The molecule has 0 aromatic carbocycles. The van der Waals surface area contributed by atoms with Crippen molar-refractivity contribution in [2.75, 3.05) is 47.5 Å². The van der Waals surface area contributed by atoms with E-state index in [4.69, 9.17) is 18.5 Å². The molecule has 0 bridgehead atoms. The van der Waals surface area contributed by atoms with Crippen molar-refractivity contribution < 1.29 is 42.1 Å². The van der Waals surface area contributed by atoms with Crippen LogP contribution in [0.15, 0.2) is 182 Å². The van der Waals surface area contributed by atoms with Gasteiger partial charge in [-0.2, -0.15) is 0 Å². The highest BCUT2D eigenvalue weighted by Crippen LogP contribution is 2.43. The van der Waals surface area contributed by atoms with Gasteiger partial charge in [-0.1, -0.05) is 267 Å². The number of rotatable bonds is 59. The Morgan fingerprint density at radius 3 is 0.930 bits per heavy atom. The van der Waals surface area contributed by atoms with Crippen LogP contribution >= 0.6 is 7.82 Å². The smallest absolute Gasteiger partial charge is 0.462 e. The summed E-state index contributed by atoms with van der Waals surface area (Å²) in [7, 11) is 1.44. The normalized spacial score (nSPS) is 14.3. The number of hydrogen-bond donors (Lipinski definition) is 1. The van der Waals surface area contributed by atoms with Crippen LogP contribution in [0.5, 0.6) is 0 Å². The van der Waals surface area contributed by atoms with Crippen LogP contribution in [0.25, 0.3) is 0 Å². The van der Waals surface area contributed by atoms with Crippen molar-refractivity contribution in [1.29, 1.82) is 0 Å². The summed E-state index contributed by atoms with van der Waals surface area (Å²) in [6.45, 7) is 4.15. The quantitative estimate of drug-likeness (QED) is 0.0211. The van der Waals surface area contributed by atoms with Gasteiger partial charge in [-0.25, -0.2) is 4.57 Å². The minimum Gasteiger partial charge on any atom is -0.462 e. The number of phosphoric ester groups is 1. The average molecular weight is 1210 g/mol. The number of ether oxygens (including phenoxy) is 2. The Labute approximate surface area is 527 Å². The van der Waals surface area contributed by atoms with E-state index in [1.807, 2.05) is 21.1 Å². The summed E-state index contributed by atoms with van der Waals surface area (Å²) in [5.41, 5.74) is 0. The van der Waals surface area contributed by atoms with Crippen molar-refractivity contribution in [2.45, 2.75) is 238 Å². The van der Waals surface area contributed by atoms with Crippen LogP contribution in [0.4, 0.5) is 0 Å². The van der Waals surface area contributed by atoms with Crippen molar-refractivity contribution in [3.8, 4) is 0 Å². The molecule has 484 valence electrons. The summed E-state index contributed by atoms with van der Waals surface area (Å²) in [5.74, 6) is -0.837. The van der Waals surface area contributed by atoms with Gasteiger partial charge >= 0.3 is 19.8 Å². The van der Waals surface area contributed by atoms with Gasteiger partial charge in [0.1, 0.15) is 19.8 Å². The van der Waals surface area contributed by atoms with E-state index in [0.717, 1.165) is 154 Å². The third-order valence-corrected chi connectivity index (χ3v) is 14.4. The molecule has 0 heterocycles. The molecular weight excluding hydrogens is 1090 g/mol. The second-order valence-corrected chi connectivity index (χ2v) is 24.2. The fourth-order valence-corrected chi connectivity index (χ4v) is 9.11. The van der Waals surface area contributed by atoms with Crippen molar-refractivity contribution in [3.05, 3.63) is 182 Å². The van der Waals surface area contributed by atoms with Gasteiger partial charge in [0.25, 0.3) is 0 Å². The van der Waals surface area contributed by atoms with E-state index in [1.165, 1.54) is 38.5 Å². The number of unbranched alkanes of at least 4 members (excludes halogenated alkanes) is 15. The second-order valence-electron chi connectivity index (χ2n) is 22.7. The molecule has 2 unspecified atom stereocenters. The fourth-order valence-electron chi connectivity index (χ4n) is 8.36. The predicted octanol–water partition coefficient (Wildman–Crippen LogP) is 21.9. The Bertz CT molecular complexity index is 2100. The molecule has 0 fully saturated rings. The van der Waals surface area contributed by atoms with Crippen molar-refractivity contribution in [1.82, 2.24) is 0 Å².